The SMILES string of the molecule is CC1SC(c2ccc(F)cc2F)N(CCN(C)C(=O)c2ccccc2Cl)C1=O. The summed E-state index contributed by atoms with van der Waals surface area (Å²) in [4.78, 5) is 28.2. The van der Waals surface area contributed by atoms with Crippen molar-refractivity contribution in [3.63, 3.8) is 0 Å². The summed E-state index contributed by atoms with van der Waals surface area (Å²) in [7, 11) is 1.62. The minimum atomic E-state index is -0.690. The summed E-state index contributed by atoms with van der Waals surface area (Å²) in [5, 5.41) is -0.557. The summed E-state index contributed by atoms with van der Waals surface area (Å²) in [6.07, 6.45) is 0. The average molecular weight is 425 g/mol. The van der Waals surface area contributed by atoms with Gasteiger partial charge in [0.2, 0.25) is 5.91 Å². The summed E-state index contributed by atoms with van der Waals surface area (Å²) in [6, 6.07) is 10.1. The lowest BCUT2D eigenvalue weighted by Gasteiger charge is -2.27. The molecule has 0 bridgehead atoms. The zero-order valence-corrected chi connectivity index (χ0v) is 16.9. The molecule has 4 nitrogen and oxygen atoms in total. The molecule has 8 heteroatoms. The molecule has 2 unspecified atom stereocenters. The highest BCUT2D eigenvalue weighted by atomic mass is 35.5. The molecule has 1 aliphatic heterocycles. The van der Waals surface area contributed by atoms with Crippen LogP contribution in [0, 0.1) is 11.6 Å². The first-order valence-electron chi connectivity index (χ1n) is 8.70. The largest absolute Gasteiger partial charge is 0.340 e. The van der Waals surface area contributed by atoms with Crippen LogP contribution in [0.1, 0.15) is 28.2 Å². The molecule has 0 radical (unpaired) electrons. The van der Waals surface area contributed by atoms with E-state index in [4.69, 9.17) is 11.6 Å². The second kappa shape index (κ2) is 8.49. The summed E-state index contributed by atoms with van der Waals surface area (Å²) in [6.45, 7) is 2.23. The number of thioether (sulfide) groups is 1. The van der Waals surface area contributed by atoms with Gasteiger partial charge in [0.05, 0.1) is 15.8 Å². The van der Waals surface area contributed by atoms with Gasteiger partial charge in [-0.05, 0) is 25.1 Å². The quantitative estimate of drug-likeness (QED) is 0.716. The Morgan fingerprint density at radius 3 is 2.64 bits per heavy atom. The molecule has 1 aliphatic rings. The molecule has 148 valence electrons. The molecule has 1 heterocycles. The van der Waals surface area contributed by atoms with Crippen molar-refractivity contribution in [1.29, 1.82) is 0 Å². The molecule has 1 saturated heterocycles. The van der Waals surface area contributed by atoms with E-state index in [1.54, 1.807) is 38.2 Å². The molecule has 3 rings (SSSR count). The van der Waals surface area contributed by atoms with E-state index in [0.29, 0.717) is 10.6 Å². The van der Waals surface area contributed by atoms with Crippen molar-refractivity contribution in [3.8, 4) is 0 Å². The van der Waals surface area contributed by atoms with Gasteiger partial charge in [-0.3, -0.25) is 9.59 Å². The summed E-state index contributed by atoms with van der Waals surface area (Å²) in [5.41, 5.74) is 0.632. The van der Waals surface area contributed by atoms with Crippen LogP contribution in [0.5, 0.6) is 0 Å². The van der Waals surface area contributed by atoms with Gasteiger partial charge in [0.15, 0.2) is 0 Å². The number of carbonyl (C=O) groups excluding carboxylic acids is 2. The Bertz CT molecular complexity index is 912. The van der Waals surface area contributed by atoms with E-state index in [-0.39, 0.29) is 35.7 Å². The molecule has 0 aromatic heterocycles. The Balaban J connectivity index is 1.74. The van der Waals surface area contributed by atoms with Crippen LogP contribution < -0.4 is 0 Å². The van der Waals surface area contributed by atoms with E-state index in [1.807, 2.05) is 0 Å². The normalized spacial score (nSPS) is 19.2. The molecule has 2 aromatic carbocycles. The Hall–Kier alpha value is -2.12. The number of likely N-dealkylation sites (N-methyl/N-ethyl adjacent to an activating group) is 1. The standard InChI is InChI=1S/C20H19ClF2N2O2S/c1-12-18(26)25(20(28-12)15-8-7-13(22)11-17(15)23)10-9-24(2)19(27)14-5-3-4-6-16(14)21/h3-8,11-12,20H,9-10H2,1-2H3. The van der Waals surface area contributed by atoms with Gasteiger partial charge in [-0.15, -0.1) is 11.8 Å². The second-order valence-electron chi connectivity index (χ2n) is 6.53. The molecule has 2 atom stereocenters. The minimum absolute atomic E-state index is 0.141. The Labute approximate surface area is 171 Å². The van der Waals surface area contributed by atoms with Gasteiger partial charge in [0.1, 0.15) is 17.0 Å². The van der Waals surface area contributed by atoms with E-state index in [1.165, 1.54) is 33.7 Å². The van der Waals surface area contributed by atoms with Crippen LogP contribution in [0.4, 0.5) is 8.78 Å². The fourth-order valence-corrected chi connectivity index (χ4v) is 4.59. The van der Waals surface area contributed by atoms with E-state index in [9.17, 15) is 18.4 Å². The smallest absolute Gasteiger partial charge is 0.255 e. The number of hydrogen-bond donors (Lipinski definition) is 0. The topological polar surface area (TPSA) is 40.6 Å². The van der Waals surface area contributed by atoms with Gasteiger partial charge in [-0.2, -0.15) is 0 Å². The van der Waals surface area contributed by atoms with Crippen molar-refractivity contribution >= 4 is 35.2 Å². The highest BCUT2D eigenvalue weighted by Gasteiger charge is 2.39. The van der Waals surface area contributed by atoms with E-state index in [2.05, 4.69) is 0 Å². The predicted octanol–water partition coefficient (Wildman–Crippen LogP) is 4.35. The molecule has 2 aromatic rings. The number of nitrogens with zero attached hydrogens (tertiary/aromatic N) is 2. The Morgan fingerprint density at radius 2 is 1.96 bits per heavy atom. The lowest BCUT2D eigenvalue weighted by atomic mass is 10.1. The number of benzene rings is 2. The lowest BCUT2D eigenvalue weighted by molar-refractivity contribution is -0.130. The van der Waals surface area contributed by atoms with Crippen LogP contribution >= 0.6 is 23.4 Å². The van der Waals surface area contributed by atoms with Crippen molar-refractivity contribution in [2.75, 3.05) is 20.1 Å². The van der Waals surface area contributed by atoms with Gasteiger partial charge in [-0.1, -0.05) is 29.8 Å². The van der Waals surface area contributed by atoms with Gasteiger partial charge >= 0.3 is 0 Å². The van der Waals surface area contributed by atoms with E-state index < -0.39 is 17.0 Å². The van der Waals surface area contributed by atoms with E-state index >= 15 is 0 Å². The van der Waals surface area contributed by atoms with Gasteiger partial charge in [-0.25, -0.2) is 8.78 Å². The number of rotatable bonds is 5. The monoisotopic (exact) mass is 424 g/mol. The summed E-state index contributed by atoms with van der Waals surface area (Å²) < 4.78 is 27.5. The molecular weight excluding hydrogens is 406 g/mol. The summed E-state index contributed by atoms with van der Waals surface area (Å²) in [5.74, 6) is -1.76. The fraction of sp³-hybridized carbons (Fsp3) is 0.300. The highest BCUT2D eigenvalue weighted by molar-refractivity contribution is 8.01. The molecule has 0 N–H and O–H groups in total. The van der Waals surface area contributed by atoms with Crippen molar-refractivity contribution < 1.29 is 18.4 Å². The minimum Gasteiger partial charge on any atom is -0.340 e. The van der Waals surface area contributed by atoms with Gasteiger partial charge in [0, 0.05) is 31.8 Å². The molecule has 0 aliphatic carbocycles. The van der Waals surface area contributed by atoms with Crippen molar-refractivity contribution in [1.82, 2.24) is 9.80 Å². The van der Waals surface area contributed by atoms with Crippen molar-refractivity contribution in [2.45, 2.75) is 17.5 Å². The maximum Gasteiger partial charge on any atom is 0.255 e. The van der Waals surface area contributed by atoms with Crippen LogP contribution in [-0.4, -0.2) is 47.0 Å². The molecule has 1 fully saturated rings. The number of halogens is 3. The number of amides is 2. The molecule has 2 amide bonds. The molecule has 0 spiro atoms. The maximum absolute atomic E-state index is 14.3. The number of carbonyl (C=O) groups is 2. The fourth-order valence-electron chi connectivity index (χ4n) is 3.04. The average Bonchev–Trinajstić information content (AvgIpc) is 2.93. The first-order valence-corrected chi connectivity index (χ1v) is 10.0. The third-order valence-electron chi connectivity index (χ3n) is 4.60. The van der Waals surface area contributed by atoms with Crippen LogP contribution in [0.3, 0.4) is 0 Å². The number of hydrogen-bond acceptors (Lipinski definition) is 3. The van der Waals surface area contributed by atoms with Gasteiger partial charge in [0.25, 0.3) is 5.91 Å². The predicted molar refractivity (Wildman–Crippen MR) is 106 cm³/mol. The van der Waals surface area contributed by atoms with Crippen LogP contribution in [-0.2, 0) is 4.79 Å². The maximum atomic E-state index is 14.3. The second-order valence-corrected chi connectivity index (χ2v) is 8.37. The summed E-state index contributed by atoms with van der Waals surface area (Å²) >= 11 is 7.38. The molecular formula is C20H19ClF2N2O2S. The van der Waals surface area contributed by atoms with Crippen molar-refractivity contribution in [2.24, 2.45) is 0 Å². The third kappa shape index (κ3) is 4.15. The van der Waals surface area contributed by atoms with E-state index in [0.717, 1.165) is 6.07 Å². The Morgan fingerprint density at radius 1 is 1.25 bits per heavy atom. The van der Waals surface area contributed by atoms with Crippen molar-refractivity contribution in [3.05, 3.63) is 70.2 Å². The lowest BCUT2D eigenvalue weighted by Crippen LogP contribution is -2.39. The highest BCUT2D eigenvalue weighted by Crippen LogP contribution is 2.43. The molecule has 0 saturated carbocycles. The van der Waals surface area contributed by atoms with Crippen LogP contribution in [0.15, 0.2) is 42.5 Å². The molecule has 28 heavy (non-hydrogen) atoms. The van der Waals surface area contributed by atoms with Crippen LogP contribution in [0.2, 0.25) is 5.02 Å². The van der Waals surface area contributed by atoms with Crippen LogP contribution in [0.25, 0.3) is 0 Å². The zero-order valence-electron chi connectivity index (χ0n) is 15.4. The first kappa shape index (κ1) is 20.6. The zero-order chi connectivity index (χ0) is 20.4. The first-order chi connectivity index (χ1) is 13.3. The van der Waals surface area contributed by atoms with Gasteiger partial charge < -0.3 is 9.80 Å². The third-order valence-corrected chi connectivity index (χ3v) is 6.31. The Kier molecular flexibility index (Phi) is 6.25.